The van der Waals surface area contributed by atoms with E-state index in [1.165, 1.54) is 28.7 Å². The molecular formula is C30H50O2. The average Bonchev–Trinajstić information content (AvgIpc) is 2.71. The first-order valence-corrected chi connectivity index (χ1v) is 12.6. The SMILES string of the molecule is C=C1CC[C@@H](C/C=C(\C)CC/C=C(\CO)CCC=C(C)C)C(C)(C)[C@H]1CC/C(C)=C/CO. The smallest absolute Gasteiger partial charge is 0.0641 e. The minimum atomic E-state index is 0.137. The van der Waals surface area contributed by atoms with Crippen LogP contribution in [0.5, 0.6) is 0 Å². The van der Waals surface area contributed by atoms with E-state index in [1.807, 2.05) is 6.08 Å². The first-order valence-electron chi connectivity index (χ1n) is 12.6. The topological polar surface area (TPSA) is 40.5 Å². The van der Waals surface area contributed by atoms with E-state index in [4.69, 9.17) is 5.11 Å². The van der Waals surface area contributed by atoms with Gasteiger partial charge in [-0.15, -0.1) is 0 Å². The van der Waals surface area contributed by atoms with Crippen molar-refractivity contribution in [3.05, 3.63) is 58.7 Å². The molecule has 0 saturated heterocycles. The summed E-state index contributed by atoms with van der Waals surface area (Å²) in [6, 6.07) is 0. The molecule has 0 aromatic rings. The lowest BCUT2D eigenvalue weighted by atomic mass is 9.58. The maximum Gasteiger partial charge on any atom is 0.0641 e. The molecule has 32 heavy (non-hydrogen) atoms. The summed E-state index contributed by atoms with van der Waals surface area (Å²) >= 11 is 0. The van der Waals surface area contributed by atoms with Gasteiger partial charge in [-0.3, -0.25) is 0 Å². The molecule has 0 unspecified atom stereocenters. The summed E-state index contributed by atoms with van der Waals surface area (Å²) in [6.45, 7) is 18.2. The molecule has 0 radical (unpaired) electrons. The molecule has 2 nitrogen and oxygen atoms in total. The highest BCUT2D eigenvalue weighted by Gasteiger charge is 2.40. The first-order chi connectivity index (χ1) is 15.1. The molecule has 0 aliphatic heterocycles. The molecule has 2 atom stereocenters. The molecule has 0 aromatic carbocycles. The van der Waals surface area contributed by atoms with Crippen LogP contribution in [0.2, 0.25) is 0 Å². The van der Waals surface area contributed by atoms with E-state index in [2.05, 4.69) is 66.3 Å². The lowest BCUT2D eigenvalue weighted by Crippen LogP contribution is -2.37. The predicted molar refractivity (Wildman–Crippen MR) is 141 cm³/mol. The van der Waals surface area contributed by atoms with Crippen LogP contribution in [0.25, 0.3) is 0 Å². The van der Waals surface area contributed by atoms with Crippen molar-refractivity contribution in [2.75, 3.05) is 13.2 Å². The summed E-state index contributed by atoms with van der Waals surface area (Å²) in [5.41, 5.74) is 6.91. The predicted octanol–water partition coefficient (Wildman–Crippen LogP) is 8.10. The van der Waals surface area contributed by atoms with Crippen LogP contribution in [-0.2, 0) is 0 Å². The second-order valence-electron chi connectivity index (χ2n) is 10.7. The van der Waals surface area contributed by atoms with E-state index in [-0.39, 0.29) is 18.6 Å². The number of rotatable bonds is 13. The second-order valence-corrected chi connectivity index (χ2v) is 10.7. The molecule has 2 heteroatoms. The Morgan fingerprint density at radius 3 is 2.22 bits per heavy atom. The van der Waals surface area contributed by atoms with Crippen molar-refractivity contribution in [3.8, 4) is 0 Å². The van der Waals surface area contributed by atoms with Crippen LogP contribution in [0.1, 0.15) is 99.3 Å². The molecule has 182 valence electrons. The van der Waals surface area contributed by atoms with Gasteiger partial charge in [0.1, 0.15) is 0 Å². The summed E-state index contributed by atoms with van der Waals surface area (Å²) in [5.74, 6) is 1.23. The molecule has 2 N–H and O–H groups in total. The Hall–Kier alpha value is -1.38. The van der Waals surface area contributed by atoms with Crippen LogP contribution >= 0.6 is 0 Å². The quantitative estimate of drug-likeness (QED) is 0.283. The fourth-order valence-corrected chi connectivity index (χ4v) is 5.09. The Bertz CT molecular complexity index is 698. The van der Waals surface area contributed by atoms with Crippen LogP contribution in [-0.4, -0.2) is 23.4 Å². The van der Waals surface area contributed by atoms with Crippen molar-refractivity contribution in [1.29, 1.82) is 0 Å². The minimum absolute atomic E-state index is 0.137. The Kier molecular flexibility index (Phi) is 13.2. The highest BCUT2D eigenvalue weighted by atomic mass is 16.3. The average molecular weight is 443 g/mol. The summed E-state index contributed by atoms with van der Waals surface area (Å²) < 4.78 is 0. The summed E-state index contributed by atoms with van der Waals surface area (Å²) in [7, 11) is 0. The van der Waals surface area contributed by atoms with Gasteiger partial charge in [-0.1, -0.05) is 67.0 Å². The fraction of sp³-hybridized carbons (Fsp3) is 0.667. The number of aliphatic hydroxyl groups is 2. The Balaban J connectivity index is 2.63. The van der Waals surface area contributed by atoms with Crippen LogP contribution in [0.15, 0.2) is 58.7 Å². The zero-order chi connectivity index (χ0) is 24.1. The third kappa shape index (κ3) is 10.0. The normalized spacial score (nSPS) is 22.2. The van der Waals surface area contributed by atoms with Gasteiger partial charge < -0.3 is 10.2 Å². The van der Waals surface area contributed by atoms with Gasteiger partial charge in [0.2, 0.25) is 0 Å². The van der Waals surface area contributed by atoms with Crippen molar-refractivity contribution in [3.63, 3.8) is 0 Å². The van der Waals surface area contributed by atoms with E-state index in [0.717, 1.165) is 56.9 Å². The van der Waals surface area contributed by atoms with E-state index >= 15 is 0 Å². The Morgan fingerprint density at radius 1 is 0.938 bits per heavy atom. The van der Waals surface area contributed by atoms with E-state index in [1.54, 1.807) is 0 Å². The monoisotopic (exact) mass is 442 g/mol. The van der Waals surface area contributed by atoms with Crippen molar-refractivity contribution in [1.82, 2.24) is 0 Å². The Labute approximate surface area is 198 Å². The molecule has 0 aromatic heterocycles. The lowest BCUT2D eigenvalue weighted by Gasteiger charge is -2.47. The van der Waals surface area contributed by atoms with Gasteiger partial charge in [0.15, 0.2) is 0 Å². The largest absolute Gasteiger partial charge is 0.392 e. The third-order valence-corrected chi connectivity index (χ3v) is 7.47. The highest BCUT2D eigenvalue weighted by molar-refractivity contribution is 5.14. The molecule has 1 aliphatic carbocycles. The van der Waals surface area contributed by atoms with Crippen molar-refractivity contribution in [2.24, 2.45) is 17.3 Å². The van der Waals surface area contributed by atoms with Gasteiger partial charge in [0, 0.05) is 0 Å². The lowest BCUT2D eigenvalue weighted by molar-refractivity contribution is 0.0950. The molecule has 0 amide bonds. The van der Waals surface area contributed by atoms with Gasteiger partial charge in [-0.25, -0.2) is 0 Å². The van der Waals surface area contributed by atoms with Crippen LogP contribution in [0, 0.1) is 17.3 Å². The van der Waals surface area contributed by atoms with Gasteiger partial charge in [0.25, 0.3) is 0 Å². The first kappa shape index (κ1) is 28.7. The van der Waals surface area contributed by atoms with Gasteiger partial charge in [0.05, 0.1) is 13.2 Å². The molecule has 0 spiro atoms. The standard InChI is InChI=1S/C30H50O2/c1-23(2)10-8-12-27(22-32)13-9-11-24(3)14-17-28-18-16-26(5)29(30(28,6)7)19-15-25(4)20-21-31/h10,13-14,20,28-29,31-32H,5,8-9,11-12,15-19,21-22H2,1-4,6-7H3/b24-14+,25-20+,27-13-/t28-,29+/m1/s1. The molecule has 1 saturated carbocycles. The minimum Gasteiger partial charge on any atom is -0.392 e. The Morgan fingerprint density at radius 2 is 1.59 bits per heavy atom. The second kappa shape index (κ2) is 14.7. The van der Waals surface area contributed by atoms with Crippen molar-refractivity contribution in [2.45, 2.75) is 99.3 Å². The van der Waals surface area contributed by atoms with E-state index < -0.39 is 0 Å². The number of hydrogen-bond acceptors (Lipinski definition) is 2. The van der Waals surface area contributed by atoms with E-state index in [9.17, 15) is 5.11 Å². The summed E-state index contributed by atoms with van der Waals surface area (Å²) in [4.78, 5) is 0. The molecular weight excluding hydrogens is 392 g/mol. The van der Waals surface area contributed by atoms with E-state index in [0.29, 0.717) is 11.8 Å². The van der Waals surface area contributed by atoms with Gasteiger partial charge in [-0.05, 0) is 108 Å². The molecule has 1 fully saturated rings. The molecule has 1 rings (SSSR count). The highest BCUT2D eigenvalue weighted by Crippen LogP contribution is 2.50. The van der Waals surface area contributed by atoms with Crippen LogP contribution in [0.3, 0.4) is 0 Å². The van der Waals surface area contributed by atoms with Crippen LogP contribution < -0.4 is 0 Å². The van der Waals surface area contributed by atoms with Crippen molar-refractivity contribution < 1.29 is 10.2 Å². The maximum absolute atomic E-state index is 9.62. The van der Waals surface area contributed by atoms with Crippen LogP contribution in [0.4, 0.5) is 0 Å². The number of aliphatic hydroxyl groups excluding tert-OH is 2. The number of allylic oxidation sites excluding steroid dienone is 7. The summed E-state index contributed by atoms with van der Waals surface area (Å²) in [6.07, 6.45) is 18.6. The third-order valence-electron chi connectivity index (χ3n) is 7.47. The molecule has 0 bridgehead atoms. The maximum atomic E-state index is 9.62. The van der Waals surface area contributed by atoms with Gasteiger partial charge >= 0.3 is 0 Å². The zero-order valence-corrected chi connectivity index (χ0v) is 21.8. The van der Waals surface area contributed by atoms with Crippen molar-refractivity contribution >= 4 is 0 Å². The fourth-order valence-electron chi connectivity index (χ4n) is 5.09. The number of hydrogen-bond donors (Lipinski definition) is 2. The summed E-state index contributed by atoms with van der Waals surface area (Å²) in [5, 5.41) is 18.8. The van der Waals surface area contributed by atoms with Gasteiger partial charge in [-0.2, -0.15) is 0 Å². The zero-order valence-electron chi connectivity index (χ0n) is 21.8. The molecule has 0 heterocycles. The molecule has 1 aliphatic rings.